The van der Waals surface area contributed by atoms with E-state index in [1.807, 2.05) is 0 Å². The molecule has 0 saturated heterocycles. The lowest BCUT2D eigenvalue weighted by Crippen LogP contribution is -2.38. The van der Waals surface area contributed by atoms with Gasteiger partial charge in [-0.05, 0) is 42.8 Å². The van der Waals surface area contributed by atoms with Gasteiger partial charge in [0.1, 0.15) is 6.54 Å². The van der Waals surface area contributed by atoms with E-state index in [0.29, 0.717) is 0 Å². The first kappa shape index (κ1) is 30.1. The van der Waals surface area contributed by atoms with E-state index in [1.54, 1.807) is 20.2 Å². The van der Waals surface area contributed by atoms with E-state index >= 15 is 0 Å². The van der Waals surface area contributed by atoms with Crippen molar-refractivity contribution in [1.82, 2.24) is 25.3 Å². The minimum atomic E-state index is -1.15. The number of amides is 3. The van der Waals surface area contributed by atoms with Crippen molar-refractivity contribution < 1.29 is 27.9 Å². The number of hydrogen-bond donors (Lipinski definition) is 4. The molecule has 1 aromatic heterocycles. The van der Waals surface area contributed by atoms with Crippen LogP contribution in [0, 0.1) is 11.6 Å². The summed E-state index contributed by atoms with van der Waals surface area (Å²) >= 11 is 6.30. The van der Waals surface area contributed by atoms with Crippen LogP contribution in [0.4, 0.5) is 14.5 Å². The monoisotopic (exact) mass is 575 g/mol. The number of primary amides is 1. The fourth-order valence-corrected chi connectivity index (χ4v) is 3.97. The number of benzene rings is 2. The summed E-state index contributed by atoms with van der Waals surface area (Å²) in [5.41, 5.74) is 9.25. The average molecular weight is 576 g/mol. The van der Waals surface area contributed by atoms with Crippen LogP contribution in [-0.2, 0) is 11.8 Å². The zero-order valence-electron chi connectivity index (χ0n) is 22.1. The number of hydrogen-bond acceptors (Lipinski definition) is 7. The van der Waals surface area contributed by atoms with Crippen molar-refractivity contribution in [2.45, 2.75) is 6.92 Å². The van der Waals surface area contributed by atoms with Crippen molar-refractivity contribution in [3.05, 3.63) is 76.3 Å². The second-order valence-electron chi connectivity index (χ2n) is 8.59. The first-order valence-electron chi connectivity index (χ1n) is 11.8. The van der Waals surface area contributed by atoms with Gasteiger partial charge in [0.2, 0.25) is 11.7 Å². The minimum Gasteiger partial charge on any atom is -0.494 e. The summed E-state index contributed by atoms with van der Waals surface area (Å²) < 4.78 is 34.9. The number of ether oxygens (including phenoxy) is 1. The number of nitrogens with zero attached hydrogens (tertiary/aromatic N) is 3. The lowest BCUT2D eigenvalue weighted by atomic mass is 10.1. The smallest absolute Gasteiger partial charge is 0.291 e. The number of carbonyl (C=O) groups excluding carboxylic acids is 3. The van der Waals surface area contributed by atoms with E-state index in [0.717, 1.165) is 5.57 Å². The van der Waals surface area contributed by atoms with Crippen molar-refractivity contribution in [2.75, 3.05) is 32.6 Å². The van der Waals surface area contributed by atoms with Crippen molar-refractivity contribution in [2.24, 2.45) is 12.8 Å². The summed E-state index contributed by atoms with van der Waals surface area (Å²) in [6.45, 7) is 1.89. The summed E-state index contributed by atoms with van der Waals surface area (Å²) in [4.78, 5) is 40.7. The molecule has 3 rings (SSSR count). The predicted molar refractivity (Wildman–Crippen MR) is 146 cm³/mol. The average Bonchev–Trinajstić information content (AvgIpc) is 3.29. The summed E-state index contributed by atoms with van der Waals surface area (Å²) in [7, 11) is 4.34. The standard InChI is InChI=1S/C26H28ClF2N7O4/c1-14(12-36(31-2)13-21(30)37)10-33-25(38)16-6-5-15(9-18(16)27)34-26(39)24-32-11-19(35(24)3)17-7-8-20(40-4)23(29)22(17)28/h5-9,11-12,31H,10,13H2,1-4H3,(H2,30,37)(H,33,38)(H,34,39)/b14-12+. The van der Waals surface area contributed by atoms with Crippen LogP contribution in [0.5, 0.6) is 5.75 Å². The van der Waals surface area contributed by atoms with Gasteiger partial charge in [0.25, 0.3) is 11.8 Å². The highest BCUT2D eigenvalue weighted by Gasteiger charge is 2.21. The van der Waals surface area contributed by atoms with Crippen molar-refractivity contribution in [3.8, 4) is 17.0 Å². The molecule has 14 heteroatoms. The van der Waals surface area contributed by atoms with Crippen molar-refractivity contribution in [3.63, 3.8) is 0 Å². The Kier molecular flexibility index (Phi) is 9.80. The molecule has 5 N–H and O–H groups in total. The predicted octanol–water partition coefficient (Wildman–Crippen LogP) is 2.83. The van der Waals surface area contributed by atoms with Crippen LogP contribution in [0.3, 0.4) is 0 Å². The highest BCUT2D eigenvalue weighted by atomic mass is 35.5. The molecule has 0 spiro atoms. The maximum absolute atomic E-state index is 14.6. The first-order valence-corrected chi connectivity index (χ1v) is 12.2. The van der Waals surface area contributed by atoms with Crippen LogP contribution in [0.15, 0.2) is 48.3 Å². The number of methoxy groups -OCH3 is 1. The molecule has 1 heterocycles. The van der Waals surface area contributed by atoms with Crippen LogP contribution in [-0.4, -0.2) is 59.5 Å². The van der Waals surface area contributed by atoms with Gasteiger partial charge in [0.15, 0.2) is 17.4 Å². The SMILES string of the molecule is CNN(/C=C(\C)CNC(=O)c1ccc(NC(=O)c2ncc(-c3ccc(OC)c(F)c3F)n2C)cc1Cl)CC(N)=O. The van der Waals surface area contributed by atoms with E-state index in [9.17, 15) is 23.2 Å². The molecule has 0 unspecified atom stereocenters. The third kappa shape index (κ3) is 6.93. The summed E-state index contributed by atoms with van der Waals surface area (Å²) in [5, 5.41) is 6.90. The molecule has 0 bridgehead atoms. The molecule has 0 fully saturated rings. The molecule has 3 aromatic rings. The second kappa shape index (κ2) is 13.0. The second-order valence-corrected chi connectivity index (χ2v) is 9.00. The van der Waals surface area contributed by atoms with Crippen LogP contribution in [0.1, 0.15) is 27.9 Å². The lowest BCUT2D eigenvalue weighted by Gasteiger charge is -2.18. The number of nitrogens with one attached hydrogen (secondary N) is 3. The topological polar surface area (TPSA) is 144 Å². The third-order valence-electron chi connectivity index (χ3n) is 5.72. The number of carbonyl (C=O) groups is 3. The van der Waals surface area contributed by atoms with E-state index in [4.69, 9.17) is 22.1 Å². The quantitative estimate of drug-likeness (QED) is 0.257. The Morgan fingerprint density at radius 1 is 1.18 bits per heavy atom. The Morgan fingerprint density at radius 2 is 1.90 bits per heavy atom. The Bertz CT molecular complexity index is 1480. The number of nitrogens with two attached hydrogens (primary N) is 1. The molecule has 3 amide bonds. The third-order valence-corrected chi connectivity index (χ3v) is 6.04. The van der Waals surface area contributed by atoms with Gasteiger partial charge in [0.05, 0.1) is 29.6 Å². The van der Waals surface area contributed by atoms with Gasteiger partial charge in [-0.3, -0.25) is 14.4 Å². The maximum atomic E-state index is 14.6. The van der Waals surface area contributed by atoms with E-state index in [1.165, 1.54) is 60.3 Å². The number of halogens is 3. The molecule has 40 heavy (non-hydrogen) atoms. The van der Waals surface area contributed by atoms with Gasteiger partial charge in [-0.2, -0.15) is 4.39 Å². The molecule has 0 atom stereocenters. The van der Waals surface area contributed by atoms with Gasteiger partial charge < -0.3 is 30.7 Å². The van der Waals surface area contributed by atoms with Gasteiger partial charge in [0, 0.05) is 38.1 Å². The Balaban J connectivity index is 1.69. The van der Waals surface area contributed by atoms with Crippen LogP contribution >= 0.6 is 11.6 Å². The molecule has 11 nitrogen and oxygen atoms in total. The molecule has 0 aliphatic rings. The van der Waals surface area contributed by atoms with Crippen LogP contribution in [0.2, 0.25) is 5.02 Å². The van der Waals surface area contributed by atoms with Crippen molar-refractivity contribution >= 4 is 35.0 Å². The number of hydrazine groups is 1. The summed E-state index contributed by atoms with van der Waals surface area (Å²) in [6.07, 6.45) is 2.88. The molecular formula is C26H28ClF2N7O4. The number of aromatic nitrogens is 2. The van der Waals surface area contributed by atoms with Gasteiger partial charge >= 0.3 is 0 Å². The Labute approximate surface area is 233 Å². The van der Waals surface area contributed by atoms with Gasteiger partial charge in [-0.25, -0.2) is 14.8 Å². The fraction of sp³-hybridized carbons (Fsp3) is 0.231. The zero-order chi connectivity index (χ0) is 29.6. The van der Waals surface area contributed by atoms with Crippen LogP contribution < -0.4 is 26.5 Å². The Morgan fingerprint density at radius 3 is 2.52 bits per heavy atom. The minimum absolute atomic E-state index is 0.0443. The highest BCUT2D eigenvalue weighted by Crippen LogP contribution is 2.30. The normalized spacial score (nSPS) is 11.2. The zero-order valence-corrected chi connectivity index (χ0v) is 22.9. The highest BCUT2D eigenvalue weighted by molar-refractivity contribution is 6.34. The summed E-state index contributed by atoms with van der Waals surface area (Å²) in [5.74, 6) is -4.22. The fourth-order valence-electron chi connectivity index (χ4n) is 3.71. The van der Waals surface area contributed by atoms with E-state index in [-0.39, 0.29) is 52.2 Å². The van der Waals surface area contributed by atoms with Crippen LogP contribution in [0.25, 0.3) is 11.3 Å². The largest absolute Gasteiger partial charge is 0.494 e. The molecule has 2 aromatic carbocycles. The van der Waals surface area contributed by atoms with E-state index < -0.39 is 29.4 Å². The Hall–Kier alpha value is -4.49. The number of anilines is 1. The molecule has 0 radical (unpaired) electrons. The molecule has 0 aliphatic heterocycles. The molecular weight excluding hydrogens is 548 g/mol. The lowest BCUT2D eigenvalue weighted by molar-refractivity contribution is -0.119. The summed E-state index contributed by atoms with van der Waals surface area (Å²) in [6, 6.07) is 6.93. The first-order chi connectivity index (χ1) is 19.0. The number of rotatable bonds is 11. The van der Waals surface area contributed by atoms with Crippen molar-refractivity contribution in [1.29, 1.82) is 0 Å². The van der Waals surface area contributed by atoms with Gasteiger partial charge in [-0.15, -0.1) is 0 Å². The molecule has 212 valence electrons. The maximum Gasteiger partial charge on any atom is 0.291 e. The van der Waals surface area contributed by atoms with Gasteiger partial charge in [-0.1, -0.05) is 11.6 Å². The molecule has 0 saturated carbocycles. The molecule has 0 aliphatic carbocycles. The van der Waals surface area contributed by atoms with E-state index in [2.05, 4.69) is 21.0 Å². The number of imidazole rings is 1.